The lowest BCUT2D eigenvalue weighted by Crippen LogP contribution is -2.43. The molecule has 1 aromatic heterocycles. The van der Waals surface area contributed by atoms with E-state index in [1.165, 1.54) is 0 Å². The van der Waals surface area contributed by atoms with Crippen LogP contribution in [0.3, 0.4) is 0 Å². The number of rotatable bonds is 5. The lowest BCUT2D eigenvalue weighted by Gasteiger charge is -2.11. The van der Waals surface area contributed by atoms with Crippen molar-refractivity contribution in [1.29, 1.82) is 0 Å². The lowest BCUT2D eigenvalue weighted by atomic mass is 10.1. The van der Waals surface area contributed by atoms with Crippen LogP contribution in [-0.2, 0) is 11.3 Å². The summed E-state index contributed by atoms with van der Waals surface area (Å²) in [6.07, 6.45) is 1.85. The Morgan fingerprint density at radius 2 is 1.72 bits per heavy atom. The zero-order chi connectivity index (χ0) is 17.8. The van der Waals surface area contributed by atoms with Crippen LogP contribution in [0.25, 0.3) is 10.9 Å². The van der Waals surface area contributed by atoms with Crippen molar-refractivity contribution in [3.05, 3.63) is 71.9 Å². The monoisotopic (exact) mass is 335 g/mol. The zero-order valence-corrected chi connectivity index (χ0v) is 14.3. The minimum atomic E-state index is -0.589. The Hall–Kier alpha value is -3.08. The zero-order valence-electron chi connectivity index (χ0n) is 14.3. The molecule has 5 nitrogen and oxygen atoms in total. The number of hydrogen-bond donors (Lipinski definition) is 2. The Morgan fingerprint density at radius 1 is 1.04 bits per heavy atom. The van der Waals surface area contributed by atoms with Gasteiger partial charge in [0.1, 0.15) is 6.04 Å². The molecule has 0 aliphatic carbocycles. The molecule has 3 rings (SSSR count). The van der Waals surface area contributed by atoms with E-state index in [1.54, 1.807) is 14.0 Å². The predicted octanol–water partition coefficient (Wildman–Crippen LogP) is 2.55. The normalized spacial score (nSPS) is 11.9. The third kappa shape index (κ3) is 3.55. The smallest absolute Gasteiger partial charge is 0.254 e. The highest BCUT2D eigenvalue weighted by atomic mass is 16.2. The van der Waals surface area contributed by atoms with Gasteiger partial charge in [0.05, 0.1) is 5.56 Å². The van der Waals surface area contributed by atoms with Gasteiger partial charge in [-0.2, -0.15) is 0 Å². The highest BCUT2D eigenvalue weighted by Gasteiger charge is 2.19. The standard InChI is InChI=1S/C20H21N3O2/c1-14(19(24)21-2)22-20(25)17-13-23(12-15-8-4-3-5-9-15)18-11-7-6-10-16(17)18/h3-11,13-14H,12H2,1-2H3,(H,21,24)(H,22,25). The molecule has 0 bridgehead atoms. The number of nitrogens with zero attached hydrogens (tertiary/aromatic N) is 1. The van der Waals surface area contributed by atoms with E-state index in [-0.39, 0.29) is 11.8 Å². The Balaban J connectivity index is 1.93. The lowest BCUT2D eigenvalue weighted by molar-refractivity contribution is -0.122. The minimum absolute atomic E-state index is 0.221. The molecule has 1 heterocycles. The second-order valence-corrected chi connectivity index (χ2v) is 5.98. The number of hydrogen-bond acceptors (Lipinski definition) is 2. The van der Waals surface area contributed by atoms with Gasteiger partial charge in [0.2, 0.25) is 5.91 Å². The number of carbonyl (C=O) groups is 2. The summed E-state index contributed by atoms with van der Waals surface area (Å²) >= 11 is 0. The Bertz CT molecular complexity index is 900. The van der Waals surface area contributed by atoms with Gasteiger partial charge < -0.3 is 15.2 Å². The van der Waals surface area contributed by atoms with Crippen LogP contribution >= 0.6 is 0 Å². The summed E-state index contributed by atoms with van der Waals surface area (Å²) < 4.78 is 2.06. The van der Waals surface area contributed by atoms with Crippen molar-refractivity contribution in [3.63, 3.8) is 0 Å². The van der Waals surface area contributed by atoms with Gasteiger partial charge >= 0.3 is 0 Å². The van der Waals surface area contributed by atoms with E-state index >= 15 is 0 Å². The van der Waals surface area contributed by atoms with E-state index in [9.17, 15) is 9.59 Å². The van der Waals surface area contributed by atoms with E-state index in [1.807, 2.05) is 48.7 Å². The van der Waals surface area contributed by atoms with Crippen molar-refractivity contribution in [1.82, 2.24) is 15.2 Å². The predicted molar refractivity (Wildman–Crippen MR) is 98.5 cm³/mol. The van der Waals surface area contributed by atoms with Crippen LogP contribution in [0.2, 0.25) is 0 Å². The maximum absolute atomic E-state index is 12.7. The van der Waals surface area contributed by atoms with Gasteiger partial charge in [-0.25, -0.2) is 0 Å². The van der Waals surface area contributed by atoms with Gasteiger partial charge in [0, 0.05) is 30.7 Å². The van der Waals surface area contributed by atoms with Crippen LogP contribution < -0.4 is 10.6 Å². The van der Waals surface area contributed by atoms with Crippen molar-refractivity contribution in [2.24, 2.45) is 0 Å². The number of fused-ring (bicyclic) bond motifs is 1. The maximum Gasteiger partial charge on any atom is 0.254 e. The van der Waals surface area contributed by atoms with E-state index in [0.717, 1.165) is 16.5 Å². The van der Waals surface area contributed by atoms with Crippen molar-refractivity contribution < 1.29 is 9.59 Å². The van der Waals surface area contributed by atoms with Crippen LogP contribution in [-0.4, -0.2) is 29.5 Å². The second-order valence-electron chi connectivity index (χ2n) is 5.98. The number of likely N-dealkylation sites (N-methyl/N-ethyl adjacent to an activating group) is 1. The second kappa shape index (κ2) is 7.21. The molecule has 128 valence electrons. The first-order valence-corrected chi connectivity index (χ1v) is 8.24. The first-order valence-electron chi connectivity index (χ1n) is 8.24. The van der Waals surface area contributed by atoms with Crippen molar-refractivity contribution in [3.8, 4) is 0 Å². The van der Waals surface area contributed by atoms with Gasteiger partial charge in [0.25, 0.3) is 5.91 Å². The fourth-order valence-corrected chi connectivity index (χ4v) is 2.90. The molecule has 2 N–H and O–H groups in total. The number of benzene rings is 2. The molecule has 3 aromatic rings. The van der Waals surface area contributed by atoms with Crippen LogP contribution in [0.1, 0.15) is 22.8 Å². The highest BCUT2D eigenvalue weighted by Crippen LogP contribution is 2.22. The summed E-state index contributed by atoms with van der Waals surface area (Å²) in [5.74, 6) is -0.472. The summed E-state index contributed by atoms with van der Waals surface area (Å²) in [5, 5.41) is 6.16. The SMILES string of the molecule is CNC(=O)C(C)NC(=O)c1cn(Cc2ccccc2)c2ccccc12. The number of carbonyl (C=O) groups excluding carboxylic acids is 2. The third-order valence-corrected chi connectivity index (χ3v) is 4.22. The molecule has 2 aromatic carbocycles. The average molecular weight is 335 g/mol. The molecule has 0 fully saturated rings. The Kier molecular flexibility index (Phi) is 4.84. The highest BCUT2D eigenvalue weighted by molar-refractivity contribution is 6.08. The van der Waals surface area contributed by atoms with Crippen molar-refractivity contribution >= 4 is 22.7 Å². The molecule has 0 aliphatic heterocycles. The maximum atomic E-state index is 12.7. The van der Waals surface area contributed by atoms with Gasteiger partial charge in [-0.15, -0.1) is 0 Å². The van der Waals surface area contributed by atoms with Crippen LogP contribution in [0.5, 0.6) is 0 Å². The molecule has 0 spiro atoms. The molecule has 0 radical (unpaired) electrons. The first kappa shape index (κ1) is 16.8. The molecule has 0 saturated carbocycles. The van der Waals surface area contributed by atoms with Crippen LogP contribution in [0, 0.1) is 0 Å². The van der Waals surface area contributed by atoms with Crippen molar-refractivity contribution in [2.75, 3.05) is 7.05 Å². The minimum Gasteiger partial charge on any atom is -0.357 e. The number of nitrogens with one attached hydrogen (secondary N) is 2. The summed E-state index contributed by atoms with van der Waals surface area (Å²) in [4.78, 5) is 24.3. The molecule has 5 heteroatoms. The van der Waals surface area contributed by atoms with E-state index in [0.29, 0.717) is 12.1 Å². The van der Waals surface area contributed by atoms with E-state index in [2.05, 4.69) is 27.3 Å². The number of para-hydroxylation sites is 1. The molecular weight excluding hydrogens is 314 g/mol. The van der Waals surface area contributed by atoms with Crippen LogP contribution in [0.4, 0.5) is 0 Å². The molecule has 0 aliphatic rings. The third-order valence-electron chi connectivity index (χ3n) is 4.22. The fraction of sp³-hybridized carbons (Fsp3) is 0.200. The molecule has 0 saturated heterocycles. The van der Waals surface area contributed by atoms with E-state index < -0.39 is 6.04 Å². The molecule has 1 unspecified atom stereocenters. The van der Waals surface area contributed by atoms with Crippen LogP contribution in [0.15, 0.2) is 60.8 Å². The molecule has 2 amide bonds. The van der Waals surface area contributed by atoms with Gasteiger partial charge in [0.15, 0.2) is 0 Å². The number of aromatic nitrogens is 1. The summed E-state index contributed by atoms with van der Waals surface area (Å²) in [6, 6.07) is 17.3. The topological polar surface area (TPSA) is 63.1 Å². The fourth-order valence-electron chi connectivity index (χ4n) is 2.90. The van der Waals surface area contributed by atoms with Crippen molar-refractivity contribution in [2.45, 2.75) is 19.5 Å². The first-order chi connectivity index (χ1) is 12.1. The molecule has 25 heavy (non-hydrogen) atoms. The summed E-state index contributed by atoms with van der Waals surface area (Å²) in [5.41, 5.74) is 2.72. The van der Waals surface area contributed by atoms with Gasteiger partial charge in [-0.05, 0) is 18.6 Å². The van der Waals surface area contributed by atoms with Gasteiger partial charge in [-0.3, -0.25) is 9.59 Å². The van der Waals surface area contributed by atoms with Gasteiger partial charge in [-0.1, -0.05) is 48.5 Å². The molecule has 1 atom stereocenters. The largest absolute Gasteiger partial charge is 0.357 e. The Labute approximate surface area is 146 Å². The number of amides is 2. The summed E-state index contributed by atoms with van der Waals surface area (Å²) in [6.45, 7) is 2.35. The van der Waals surface area contributed by atoms with E-state index in [4.69, 9.17) is 0 Å². The molecular formula is C20H21N3O2. The Morgan fingerprint density at radius 3 is 2.44 bits per heavy atom. The quantitative estimate of drug-likeness (QED) is 0.753. The average Bonchev–Trinajstić information content (AvgIpc) is 3.00. The summed E-state index contributed by atoms with van der Waals surface area (Å²) in [7, 11) is 1.55.